The van der Waals surface area contributed by atoms with E-state index in [4.69, 9.17) is 11.6 Å². The van der Waals surface area contributed by atoms with E-state index in [2.05, 4.69) is 5.32 Å². The molecule has 2 aromatic carbocycles. The maximum Gasteiger partial charge on any atom is 0.308 e. The highest BCUT2D eigenvalue weighted by molar-refractivity contribution is 7.92. The third kappa shape index (κ3) is 4.47. The van der Waals surface area contributed by atoms with Crippen molar-refractivity contribution >= 4 is 60.5 Å². The lowest BCUT2D eigenvalue weighted by Gasteiger charge is -2.28. The minimum absolute atomic E-state index is 0.0662. The number of sulfonamides is 1. The molecule has 0 saturated heterocycles. The smallest absolute Gasteiger partial charge is 0.308 e. The van der Waals surface area contributed by atoms with Crippen molar-refractivity contribution in [2.75, 3.05) is 15.9 Å². The number of anilines is 2. The summed E-state index contributed by atoms with van der Waals surface area (Å²) < 4.78 is 28.1. The predicted molar refractivity (Wildman–Crippen MR) is 119 cm³/mol. The van der Waals surface area contributed by atoms with Gasteiger partial charge < -0.3 is 5.32 Å². The van der Waals surface area contributed by atoms with Gasteiger partial charge in [0.1, 0.15) is 6.04 Å². The number of carbonyl (C=O) groups excluding carboxylic acids is 1. The molecule has 0 aliphatic rings. The number of thiazole rings is 1. The second kappa shape index (κ2) is 8.17. The van der Waals surface area contributed by atoms with E-state index in [1.165, 1.54) is 13.0 Å². The predicted octanol–water partition coefficient (Wildman–Crippen LogP) is 3.53. The van der Waals surface area contributed by atoms with Gasteiger partial charge in [-0.3, -0.25) is 18.5 Å². The van der Waals surface area contributed by atoms with Gasteiger partial charge >= 0.3 is 4.87 Å². The molecule has 1 amide bonds. The summed E-state index contributed by atoms with van der Waals surface area (Å²) in [5.41, 5.74) is 1.58. The molecule has 1 N–H and O–H groups in total. The Morgan fingerprint density at radius 1 is 1.28 bits per heavy atom. The van der Waals surface area contributed by atoms with Gasteiger partial charge in [-0.25, -0.2) is 8.42 Å². The largest absolute Gasteiger partial charge is 0.324 e. The molecule has 0 unspecified atom stereocenters. The van der Waals surface area contributed by atoms with Crippen molar-refractivity contribution in [3.63, 3.8) is 0 Å². The van der Waals surface area contributed by atoms with Gasteiger partial charge in [0, 0.05) is 17.3 Å². The topological polar surface area (TPSA) is 88.5 Å². The number of benzene rings is 2. The van der Waals surface area contributed by atoms with Crippen LogP contribution in [0.2, 0.25) is 5.02 Å². The van der Waals surface area contributed by atoms with Crippen LogP contribution in [0.15, 0.2) is 47.3 Å². The van der Waals surface area contributed by atoms with Crippen molar-refractivity contribution < 1.29 is 13.2 Å². The molecule has 7 nitrogen and oxygen atoms in total. The van der Waals surface area contributed by atoms with E-state index in [1.807, 2.05) is 6.92 Å². The van der Waals surface area contributed by atoms with Crippen LogP contribution < -0.4 is 14.5 Å². The van der Waals surface area contributed by atoms with E-state index < -0.39 is 22.0 Å². The summed E-state index contributed by atoms with van der Waals surface area (Å²) in [6.07, 6.45) is 1.04. The average molecular weight is 454 g/mol. The number of hydrogen-bond acceptors (Lipinski definition) is 5. The Morgan fingerprint density at radius 2 is 2.00 bits per heavy atom. The molecule has 3 aromatic rings. The summed E-state index contributed by atoms with van der Waals surface area (Å²) in [6.45, 7) is 3.95. The van der Waals surface area contributed by atoms with E-state index in [0.717, 1.165) is 32.1 Å². The molecule has 0 saturated carbocycles. The quantitative estimate of drug-likeness (QED) is 0.618. The summed E-state index contributed by atoms with van der Waals surface area (Å²) in [6, 6.07) is 10.5. The summed E-state index contributed by atoms with van der Waals surface area (Å²) in [4.78, 5) is 24.7. The summed E-state index contributed by atoms with van der Waals surface area (Å²) >= 11 is 7.08. The second-order valence-electron chi connectivity index (χ2n) is 6.50. The minimum atomic E-state index is -3.74. The number of aryl methyl sites for hydroxylation is 1. The molecular weight excluding hydrogens is 434 g/mol. The lowest BCUT2D eigenvalue weighted by atomic mass is 10.2. The van der Waals surface area contributed by atoms with E-state index >= 15 is 0 Å². The molecule has 0 radical (unpaired) electrons. The summed E-state index contributed by atoms with van der Waals surface area (Å²) in [5, 5.41) is 3.10. The van der Waals surface area contributed by atoms with Crippen molar-refractivity contribution in [1.29, 1.82) is 0 Å². The Hall–Kier alpha value is -2.36. The van der Waals surface area contributed by atoms with Gasteiger partial charge in [-0.1, -0.05) is 29.0 Å². The van der Waals surface area contributed by atoms with Crippen molar-refractivity contribution in [1.82, 2.24) is 4.57 Å². The van der Waals surface area contributed by atoms with Crippen LogP contribution in [0.5, 0.6) is 0 Å². The number of nitrogens with zero attached hydrogens (tertiary/aromatic N) is 2. The Morgan fingerprint density at radius 3 is 2.62 bits per heavy atom. The number of aromatic nitrogens is 1. The first kappa shape index (κ1) is 21.4. The third-order valence-electron chi connectivity index (χ3n) is 4.40. The van der Waals surface area contributed by atoms with Gasteiger partial charge in [0.25, 0.3) is 0 Å². The van der Waals surface area contributed by atoms with Crippen molar-refractivity contribution in [3.05, 3.63) is 57.2 Å². The molecular formula is C19H20ClN3O4S2. The number of halogens is 1. The van der Waals surface area contributed by atoms with Crippen LogP contribution in [-0.4, -0.2) is 31.2 Å². The zero-order valence-corrected chi connectivity index (χ0v) is 18.4. The standard InChI is InChI=1S/C19H20ClN3O4S2/c1-4-22-16-9-8-14(11-17(16)28-19(22)25)21-18(24)12(2)23(29(3,26)27)15-7-5-6-13(20)10-15/h5-12H,4H2,1-3H3,(H,21,24)/t12-/m0/s1. The van der Waals surface area contributed by atoms with Crippen LogP contribution in [0.25, 0.3) is 10.2 Å². The fourth-order valence-electron chi connectivity index (χ4n) is 3.11. The highest BCUT2D eigenvalue weighted by Gasteiger charge is 2.29. The SMILES string of the molecule is CCn1c(=O)sc2cc(NC(=O)[C@H](C)N(c3cccc(Cl)c3)S(C)(=O)=O)ccc21. The van der Waals surface area contributed by atoms with Gasteiger partial charge in [-0.05, 0) is 50.2 Å². The maximum absolute atomic E-state index is 12.8. The molecule has 0 fully saturated rings. The van der Waals surface area contributed by atoms with Crippen molar-refractivity contribution in [2.24, 2.45) is 0 Å². The van der Waals surface area contributed by atoms with E-state index in [-0.39, 0.29) is 4.87 Å². The maximum atomic E-state index is 12.8. The number of carbonyl (C=O) groups is 1. The number of rotatable bonds is 6. The Kier molecular flexibility index (Phi) is 6.02. The van der Waals surface area contributed by atoms with Crippen LogP contribution >= 0.6 is 22.9 Å². The second-order valence-corrected chi connectivity index (χ2v) is 9.79. The highest BCUT2D eigenvalue weighted by atomic mass is 35.5. The molecule has 1 aromatic heterocycles. The van der Waals surface area contributed by atoms with Gasteiger partial charge in [0.05, 0.1) is 22.2 Å². The van der Waals surface area contributed by atoms with Gasteiger partial charge in [0.2, 0.25) is 15.9 Å². The first-order chi connectivity index (χ1) is 13.6. The molecule has 1 atom stereocenters. The van der Waals surface area contributed by atoms with Gasteiger partial charge in [0.15, 0.2) is 0 Å². The highest BCUT2D eigenvalue weighted by Crippen LogP contribution is 2.26. The molecule has 1 heterocycles. The lowest BCUT2D eigenvalue weighted by molar-refractivity contribution is -0.116. The summed E-state index contributed by atoms with van der Waals surface area (Å²) in [5.74, 6) is -0.503. The van der Waals surface area contributed by atoms with E-state index in [9.17, 15) is 18.0 Å². The number of fused-ring (bicyclic) bond motifs is 1. The van der Waals surface area contributed by atoms with Crippen LogP contribution in [0.1, 0.15) is 13.8 Å². The Bertz CT molecular complexity index is 1230. The molecule has 0 spiro atoms. The number of amides is 1. The molecule has 0 bridgehead atoms. The van der Waals surface area contributed by atoms with Crippen LogP contribution in [0.3, 0.4) is 0 Å². The molecule has 3 rings (SSSR count). The zero-order chi connectivity index (χ0) is 21.3. The van der Waals surface area contributed by atoms with Gasteiger partial charge in [-0.15, -0.1) is 0 Å². The molecule has 10 heteroatoms. The summed E-state index contributed by atoms with van der Waals surface area (Å²) in [7, 11) is -3.74. The number of hydrogen-bond donors (Lipinski definition) is 1. The Labute approximate surface area is 177 Å². The van der Waals surface area contributed by atoms with E-state index in [1.54, 1.807) is 41.0 Å². The fourth-order valence-corrected chi connectivity index (χ4v) is 5.46. The average Bonchev–Trinajstić information content (AvgIpc) is 2.94. The number of nitrogens with one attached hydrogen (secondary N) is 1. The zero-order valence-electron chi connectivity index (χ0n) is 16.0. The first-order valence-corrected chi connectivity index (χ1v) is 11.9. The third-order valence-corrected chi connectivity index (χ3v) is 6.82. The van der Waals surface area contributed by atoms with Crippen LogP contribution in [0, 0.1) is 0 Å². The fraction of sp³-hybridized carbons (Fsp3) is 0.263. The Balaban J connectivity index is 1.90. The van der Waals surface area contributed by atoms with Gasteiger partial charge in [-0.2, -0.15) is 0 Å². The van der Waals surface area contributed by atoms with Crippen LogP contribution in [0.4, 0.5) is 11.4 Å². The van der Waals surface area contributed by atoms with Crippen molar-refractivity contribution in [3.8, 4) is 0 Å². The van der Waals surface area contributed by atoms with E-state index in [0.29, 0.717) is 22.9 Å². The first-order valence-electron chi connectivity index (χ1n) is 8.81. The molecule has 0 aliphatic heterocycles. The van der Waals surface area contributed by atoms with Crippen molar-refractivity contribution in [2.45, 2.75) is 26.4 Å². The molecule has 0 aliphatic carbocycles. The minimum Gasteiger partial charge on any atom is -0.324 e. The lowest BCUT2D eigenvalue weighted by Crippen LogP contribution is -2.45. The monoisotopic (exact) mass is 453 g/mol. The molecule has 154 valence electrons. The normalized spacial score (nSPS) is 12.7. The molecule has 29 heavy (non-hydrogen) atoms. The van der Waals surface area contributed by atoms with Crippen LogP contribution in [-0.2, 0) is 21.4 Å².